The summed E-state index contributed by atoms with van der Waals surface area (Å²) in [6, 6.07) is 13.9. The van der Waals surface area contributed by atoms with E-state index in [-0.39, 0.29) is 6.61 Å². The minimum atomic E-state index is -4.47. The number of benzene rings is 2. The third-order valence-corrected chi connectivity index (χ3v) is 4.73. The van der Waals surface area contributed by atoms with Gasteiger partial charge in [0.25, 0.3) is 0 Å². The molecule has 0 aliphatic carbocycles. The highest BCUT2D eigenvalue weighted by Crippen LogP contribution is 2.37. The fraction of sp³-hybridized carbons (Fsp3) is 0.143. The summed E-state index contributed by atoms with van der Waals surface area (Å²) >= 11 is 5.79. The lowest BCUT2D eigenvalue weighted by Crippen LogP contribution is -2.27. The number of nitrogens with zero attached hydrogens (tertiary/aromatic N) is 2. The molecule has 1 aliphatic heterocycles. The molecule has 0 N–H and O–H groups in total. The van der Waals surface area contributed by atoms with Crippen LogP contribution < -0.4 is 9.64 Å². The molecule has 5 nitrogen and oxygen atoms in total. The molecular weight excluding hydrogens is 421 g/mol. The summed E-state index contributed by atoms with van der Waals surface area (Å²) in [6.07, 6.45) is -3.66. The number of carbonyl (C=O) groups excluding carboxylic acids is 1. The minimum absolute atomic E-state index is 0.0485. The average molecular weight is 435 g/mol. The number of hydrogen-bond donors (Lipinski definition) is 0. The van der Waals surface area contributed by atoms with Gasteiger partial charge in [0.2, 0.25) is 5.88 Å². The molecule has 1 amide bonds. The van der Waals surface area contributed by atoms with Crippen LogP contribution in [-0.4, -0.2) is 17.7 Å². The molecule has 1 aliphatic rings. The normalized spacial score (nSPS) is 16.5. The van der Waals surface area contributed by atoms with Crippen molar-refractivity contribution in [2.24, 2.45) is 0 Å². The standard InChI is InChI=1S/C21H14ClF3N2O3/c22-15-4-9-19(26-11-15)30-17-7-5-16(6-8-17)27-18(12-29-20(27)28)13-2-1-3-14(10-13)21(23,24)25/h1-11,18H,12H2/t18-/m1/s1. The van der Waals surface area contributed by atoms with Gasteiger partial charge in [0.05, 0.1) is 16.6 Å². The molecule has 0 saturated carbocycles. The van der Waals surface area contributed by atoms with Gasteiger partial charge in [-0.25, -0.2) is 9.78 Å². The van der Waals surface area contributed by atoms with Gasteiger partial charge in [-0.1, -0.05) is 23.7 Å². The fourth-order valence-corrected chi connectivity index (χ4v) is 3.20. The number of hydrogen-bond acceptors (Lipinski definition) is 4. The molecule has 0 bridgehead atoms. The minimum Gasteiger partial charge on any atom is -0.447 e. The van der Waals surface area contributed by atoms with Gasteiger partial charge in [0, 0.05) is 18.0 Å². The Bertz CT molecular complexity index is 1060. The molecule has 1 saturated heterocycles. The second-order valence-electron chi connectivity index (χ2n) is 6.50. The zero-order chi connectivity index (χ0) is 21.3. The number of alkyl halides is 3. The molecule has 0 unspecified atom stereocenters. The average Bonchev–Trinajstić information content (AvgIpc) is 3.11. The van der Waals surface area contributed by atoms with Gasteiger partial charge < -0.3 is 9.47 Å². The van der Waals surface area contributed by atoms with Crippen LogP contribution in [0, 0.1) is 0 Å². The highest BCUT2D eigenvalue weighted by molar-refractivity contribution is 6.30. The molecule has 0 radical (unpaired) electrons. The summed E-state index contributed by atoms with van der Waals surface area (Å²) < 4.78 is 49.9. The van der Waals surface area contributed by atoms with Gasteiger partial charge in [-0.05, 0) is 48.0 Å². The number of aromatic nitrogens is 1. The van der Waals surface area contributed by atoms with Gasteiger partial charge in [-0.3, -0.25) is 4.90 Å². The lowest BCUT2D eigenvalue weighted by atomic mass is 10.0. The number of halogens is 4. The van der Waals surface area contributed by atoms with Gasteiger partial charge in [-0.2, -0.15) is 13.2 Å². The molecule has 9 heteroatoms. The smallest absolute Gasteiger partial charge is 0.416 e. The van der Waals surface area contributed by atoms with Gasteiger partial charge in [0.15, 0.2) is 0 Å². The van der Waals surface area contributed by atoms with Crippen LogP contribution in [0.1, 0.15) is 17.2 Å². The molecular formula is C21H14ClF3N2O3. The molecule has 4 rings (SSSR count). The van der Waals surface area contributed by atoms with Crippen LogP contribution in [0.3, 0.4) is 0 Å². The van der Waals surface area contributed by atoms with Gasteiger partial charge >= 0.3 is 12.3 Å². The third kappa shape index (κ3) is 4.18. The van der Waals surface area contributed by atoms with Gasteiger partial charge in [0.1, 0.15) is 12.4 Å². The first-order chi connectivity index (χ1) is 14.3. The second-order valence-corrected chi connectivity index (χ2v) is 6.93. The second kappa shape index (κ2) is 7.87. The molecule has 2 aromatic carbocycles. The van der Waals surface area contributed by atoms with E-state index in [0.717, 1.165) is 12.1 Å². The predicted molar refractivity (Wildman–Crippen MR) is 104 cm³/mol. The Labute approximate surface area is 174 Å². The lowest BCUT2D eigenvalue weighted by Gasteiger charge is -2.22. The van der Waals surface area contributed by atoms with Crippen molar-refractivity contribution in [3.63, 3.8) is 0 Å². The Hall–Kier alpha value is -3.26. The van der Waals surface area contributed by atoms with Crippen molar-refractivity contribution in [3.8, 4) is 11.6 Å². The van der Waals surface area contributed by atoms with E-state index in [1.54, 1.807) is 42.5 Å². The number of ether oxygens (including phenoxy) is 2. The Morgan fingerprint density at radius 3 is 2.53 bits per heavy atom. The van der Waals surface area contributed by atoms with E-state index in [9.17, 15) is 18.0 Å². The summed E-state index contributed by atoms with van der Waals surface area (Å²) in [6.45, 7) is -0.0485. The number of cyclic esters (lactones) is 1. The van der Waals surface area contributed by atoms with Crippen LogP contribution in [0.25, 0.3) is 0 Å². The van der Waals surface area contributed by atoms with Crippen LogP contribution in [0.15, 0.2) is 66.9 Å². The Morgan fingerprint density at radius 2 is 1.87 bits per heavy atom. The summed E-state index contributed by atoms with van der Waals surface area (Å²) in [5.41, 5.74) is 0.0243. The molecule has 154 valence electrons. The molecule has 1 aromatic heterocycles. The van der Waals surface area contributed by atoms with Crippen molar-refractivity contribution in [2.75, 3.05) is 11.5 Å². The topological polar surface area (TPSA) is 51.7 Å². The van der Waals surface area contributed by atoms with Gasteiger partial charge in [-0.15, -0.1) is 0 Å². The van der Waals surface area contributed by atoms with Crippen LogP contribution in [0.4, 0.5) is 23.7 Å². The number of rotatable bonds is 4. The maximum Gasteiger partial charge on any atom is 0.416 e. The van der Waals surface area contributed by atoms with E-state index < -0.39 is 23.9 Å². The summed E-state index contributed by atoms with van der Waals surface area (Å²) in [5.74, 6) is 0.811. The maximum absolute atomic E-state index is 13.1. The predicted octanol–water partition coefficient (Wildman–Crippen LogP) is 6.24. The monoisotopic (exact) mass is 434 g/mol. The molecule has 0 spiro atoms. The molecule has 3 aromatic rings. The van der Waals surface area contributed by atoms with E-state index in [1.807, 2.05) is 0 Å². The first-order valence-electron chi connectivity index (χ1n) is 8.84. The van der Waals surface area contributed by atoms with Crippen LogP contribution >= 0.6 is 11.6 Å². The SMILES string of the molecule is O=C1OC[C@H](c2cccc(C(F)(F)F)c2)N1c1ccc(Oc2ccc(Cl)cn2)cc1. The summed E-state index contributed by atoms with van der Waals surface area (Å²) in [4.78, 5) is 17.6. The molecule has 2 heterocycles. The fourth-order valence-electron chi connectivity index (χ4n) is 3.09. The van der Waals surface area contributed by atoms with E-state index in [4.69, 9.17) is 21.1 Å². The van der Waals surface area contributed by atoms with Crippen molar-refractivity contribution >= 4 is 23.4 Å². The Balaban J connectivity index is 1.57. The van der Waals surface area contributed by atoms with E-state index in [0.29, 0.717) is 27.9 Å². The highest BCUT2D eigenvalue weighted by Gasteiger charge is 2.37. The molecule has 1 atom stereocenters. The molecule has 1 fully saturated rings. The van der Waals surface area contributed by atoms with Crippen LogP contribution in [-0.2, 0) is 10.9 Å². The zero-order valence-corrected chi connectivity index (χ0v) is 16.0. The third-order valence-electron chi connectivity index (χ3n) is 4.51. The number of anilines is 1. The number of pyridine rings is 1. The van der Waals surface area contributed by atoms with E-state index in [1.165, 1.54) is 17.2 Å². The van der Waals surface area contributed by atoms with Crippen molar-refractivity contribution in [2.45, 2.75) is 12.2 Å². The van der Waals surface area contributed by atoms with Crippen molar-refractivity contribution in [1.82, 2.24) is 4.98 Å². The van der Waals surface area contributed by atoms with Crippen molar-refractivity contribution in [3.05, 3.63) is 83.0 Å². The summed E-state index contributed by atoms with van der Waals surface area (Å²) in [7, 11) is 0. The zero-order valence-electron chi connectivity index (χ0n) is 15.3. The Kier molecular flexibility index (Phi) is 5.26. The lowest BCUT2D eigenvalue weighted by molar-refractivity contribution is -0.137. The summed E-state index contributed by atoms with van der Waals surface area (Å²) in [5, 5.41) is 0.478. The first kappa shape index (κ1) is 20.0. The van der Waals surface area contributed by atoms with Crippen LogP contribution in [0.5, 0.6) is 11.6 Å². The first-order valence-corrected chi connectivity index (χ1v) is 9.22. The van der Waals surface area contributed by atoms with Crippen molar-refractivity contribution < 1.29 is 27.4 Å². The van der Waals surface area contributed by atoms with E-state index >= 15 is 0 Å². The Morgan fingerprint density at radius 1 is 1.10 bits per heavy atom. The largest absolute Gasteiger partial charge is 0.447 e. The number of carbonyl (C=O) groups is 1. The molecule has 30 heavy (non-hydrogen) atoms. The van der Waals surface area contributed by atoms with E-state index in [2.05, 4.69) is 4.98 Å². The highest BCUT2D eigenvalue weighted by atomic mass is 35.5. The quantitative estimate of drug-likeness (QED) is 0.487. The van der Waals surface area contributed by atoms with Crippen LogP contribution in [0.2, 0.25) is 5.02 Å². The maximum atomic E-state index is 13.1. The van der Waals surface area contributed by atoms with Crippen molar-refractivity contribution in [1.29, 1.82) is 0 Å². The number of amides is 1.